The van der Waals surface area contributed by atoms with Crippen LogP contribution in [0.25, 0.3) is 5.57 Å². The van der Waals surface area contributed by atoms with Crippen LogP contribution < -0.4 is 10.1 Å². The van der Waals surface area contributed by atoms with Gasteiger partial charge in [0.05, 0.1) is 36.1 Å². The Morgan fingerprint density at radius 2 is 1.88 bits per heavy atom. The summed E-state index contributed by atoms with van der Waals surface area (Å²) in [6.07, 6.45) is 1.45. The first-order valence-electron chi connectivity index (χ1n) is 9.37. The minimum Gasteiger partial charge on any atom is -0.495 e. The van der Waals surface area contributed by atoms with Crippen molar-refractivity contribution in [1.29, 1.82) is 0 Å². The van der Waals surface area contributed by atoms with Crippen molar-refractivity contribution >= 4 is 40.4 Å². The van der Waals surface area contributed by atoms with Gasteiger partial charge in [-0.3, -0.25) is 24.6 Å². The maximum Gasteiger partial charge on any atom is 0.278 e. The number of nitro benzene ring substituents is 1. The van der Waals surface area contributed by atoms with E-state index in [1.807, 2.05) is 0 Å². The first-order valence-corrected chi connectivity index (χ1v) is 9.75. The summed E-state index contributed by atoms with van der Waals surface area (Å²) in [5, 5.41) is 14.4. The van der Waals surface area contributed by atoms with E-state index in [1.54, 1.807) is 30.3 Å². The maximum atomic E-state index is 13.3. The van der Waals surface area contributed by atoms with E-state index in [0.29, 0.717) is 27.8 Å². The first-order chi connectivity index (χ1) is 15.4. The molecule has 32 heavy (non-hydrogen) atoms. The molecule has 0 spiro atoms. The number of hydrogen-bond donors (Lipinski definition) is 1. The number of furan rings is 1. The molecule has 0 aliphatic carbocycles. The Balaban J connectivity index is 1.79. The van der Waals surface area contributed by atoms with E-state index in [2.05, 4.69) is 5.32 Å². The lowest BCUT2D eigenvalue weighted by Crippen LogP contribution is -2.31. The highest BCUT2D eigenvalue weighted by atomic mass is 35.5. The molecule has 1 aliphatic rings. The number of nitrogens with zero attached hydrogens (tertiary/aromatic N) is 2. The number of nitro groups is 1. The van der Waals surface area contributed by atoms with Gasteiger partial charge in [0.25, 0.3) is 17.5 Å². The van der Waals surface area contributed by atoms with E-state index >= 15 is 0 Å². The van der Waals surface area contributed by atoms with Crippen LogP contribution in [0.5, 0.6) is 5.75 Å². The van der Waals surface area contributed by atoms with Gasteiger partial charge in [-0.25, -0.2) is 0 Å². The zero-order valence-electron chi connectivity index (χ0n) is 16.7. The molecule has 162 valence electrons. The van der Waals surface area contributed by atoms with Crippen LogP contribution in [0.15, 0.2) is 71.0 Å². The number of carbonyl (C=O) groups excluding carboxylic acids is 2. The lowest BCUT2D eigenvalue weighted by Gasteiger charge is -2.14. The minimum atomic E-state index is -0.582. The van der Waals surface area contributed by atoms with Gasteiger partial charge in [0.15, 0.2) is 0 Å². The summed E-state index contributed by atoms with van der Waals surface area (Å²) in [4.78, 5) is 38.0. The quantitative estimate of drug-likeness (QED) is 0.323. The summed E-state index contributed by atoms with van der Waals surface area (Å²) >= 11 is 6.10. The fraction of sp³-hybridized carbons (Fsp3) is 0.0909. The number of nitrogens with one attached hydrogen (secondary N) is 1. The largest absolute Gasteiger partial charge is 0.495 e. The normalized spacial score (nSPS) is 13.6. The van der Waals surface area contributed by atoms with Crippen molar-refractivity contribution in [3.8, 4) is 5.75 Å². The van der Waals surface area contributed by atoms with Crippen LogP contribution in [0.1, 0.15) is 11.3 Å². The summed E-state index contributed by atoms with van der Waals surface area (Å²) < 4.78 is 10.6. The number of anilines is 1. The number of carbonyl (C=O) groups is 2. The Kier molecular flexibility index (Phi) is 5.65. The predicted octanol–water partition coefficient (Wildman–Crippen LogP) is 4.24. The van der Waals surface area contributed by atoms with Crippen LogP contribution >= 0.6 is 11.6 Å². The molecule has 0 fully saturated rings. The van der Waals surface area contributed by atoms with E-state index in [0.717, 1.165) is 4.90 Å². The number of rotatable bonds is 7. The molecule has 1 aliphatic heterocycles. The van der Waals surface area contributed by atoms with Gasteiger partial charge in [0.2, 0.25) is 0 Å². The highest BCUT2D eigenvalue weighted by Gasteiger charge is 2.40. The van der Waals surface area contributed by atoms with Gasteiger partial charge in [0.1, 0.15) is 17.2 Å². The lowest BCUT2D eigenvalue weighted by atomic mass is 10.0. The number of hydrogen-bond acceptors (Lipinski definition) is 7. The van der Waals surface area contributed by atoms with Crippen molar-refractivity contribution in [3.63, 3.8) is 0 Å². The second-order valence-electron chi connectivity index (χ2n) is 6.80. The van der Waals surface area contributed by atoms with Crippen LogP contribution in [0.2, 0.25) is 5.02 Å². The smallest absolute Gasteiger partial charge is 0.278 e. The molecule has 4 rings (SSSR count). The molecule has 9 nitrogen and oxygen atoms in total. The Labute approximate surface area is 187 Å². The molecule has 2 amide bonds. The molecular weight excluding hydrogens is 438 g/mol. The predicted molar refractivity (Wildman–Crippen MR) is 116 cm³/mol. The number of ether oxygens (including phenoxy) is 1. The molecule has 1 N–H and O–H groups in total. The van der Waals surface area contributed by atoms with Crippen LogP contribution in [0.3, 0.4) is 0 Å². The zero-order valence-corrected chi connectivity index (χ0v) is 17.5. The van der Waals surface area contributed by atoms with Crippen molar-refractivity contribution in [2.45, 2.75) is 6.54 Å². The SMILES string of the molecule is COc1ccc(Cl)cc1NC1=C(c2ccc([N+](=O)[O-])cc2)C(=O)N(Cc2ccco2)C1=O. The van der Waals surface area contributed by atoms with Gasteiger partial charge < -0.3 is 14.5 Å². The molecule has 0 atom stereocenters. The molecule has 3 aromatic rings. The molecule has 0 unspecified atom stereocenters. The average Bonchev–Trinajstić information content (AvgIpc) is 3.37. The van der Waals surface area contributed by atoms with Crippen molar-refractivity contribution in [3.05, 3.63) is 93.0 Å². The van der Waals surface area contributed by atoms with Crippen LogP contribution in [-0.4, -0.2) is 28.7 Å². The topological polar surface area (TPSA) is 115 Å². The van der Waals surface area contributed by atoms with Crippen LogP contribution in [-0.2, 0) is 16.1 Å². The number of amides is 2. The Morgan fingerprint density at radius 3 is 2.50 bits per heavy atom. The van der Waals surface area contributed by atoms with E-state index in [9.17, 15) is 19.7 Å². The molecular formula is C22H16ClN3O6. The lowest BCUT2D eigenvalue weighted by molar-refractivity contribution is -0.384. The van der Waals surface area contributed by atoms with E-state index in [1.165, 1.54) is 37.6 Å². The van der Waals surface area contributed by atoms with E-state index in [-0.39, 0.29) is 23.5 Å². The van der Waals surface area contributed by atoms with E-state index in [4.69, 9.17) is 20.8 Å². The summed E-state index contributed by atoms with van der Waals surface area (Å²) in [5.74, 6) is -0.309. The molecule has 0 saturated heterocycles. The first kappa shape index (κ1) is 21.1. The fourth-order valence-corrected chi connectivity index (χ4v) is 3.50. The highest BCUT2D eigenvalue weighted by Crippen LogP contribution is 2.35. The molecule has 0 bridgehead atoms. The molecule has 2 aromatic carbocycles. The van der Waals surface area contributed by atoms with E-state index < -0.39 is 16.7 Å². The minimum absolute atomic E-state index is 0.00373. The number of non-ortho nitro benzene ring substituents is 1. The highest BCUT2D eigenvalue weighted by molar-refractivity contribution is 6.36. The Morgan fingerprint density at radius 1 is 1.12 bits per heavy atom. The third kappa shape index (κ3) is 3.93. The number of imide groups is 1. The van der Waals surface area contributed by atoms with Gasteiger partial charge in [0, 0.05) is 17.2 Å². The van der Waals surface area contributed by atoms with Gasteiger partial charge in [-0.15, -0.1) is 0 Å². The number of methoxy groups -OCH3 is 1. The molecule has 1 aromatic heterocycles. The van der Waals surface area contributed by atoms with Crippen molar-refractivity contribution < 1.29 is 23.7 Å². The van der Waals surface area contributed by atoms with Gasteiger partial charge in [-0.1, -0.05) is 11.6 Å². The summed E-state index contributed by atoms with van der Waals surface area (Å²) in [5.41, 5.74) is 0.661. The van der Waals surface area contributed by atoms with Crippen molar-refractivity contribution in [1.82, 2.24) is 4.90 Å². The summed E-state index contributed by atoms with van der Waals surface area (Å²) in [6.45, 7) is -0.0704. The summed E-state index contributed by atoms with van der Waals surface area (Å²) in [6, 6.07) is 13.5. The standard InChI is InChI=1S/C22H16ClN3O6/c1-31-18-9-6-14(23)11-17(18)24-20-19(13-4-7-15(8-5-13)26(29)30)21(27)25(22(20)28)12-16-3-2-10-32-16/h2-11,24H,12H2,1H3. The van der Waals surface area contributed by atoms with Gasteiger partial charge in [-0.05, 0) is 48.0 Å². The fourth-order valence-electron chi connectivity index (χ4n) is 3.32. The maximum absolute atomic E-state index is 13.3. The van der Waals surface area contributed by atoms with Crippen LogP contribution in [0.4, 0.5) is 11.4 Å². The van der Waals surface area contributed by atoms with Gasteiger partial charge >= 0.3 is 0 Å². The monoisotopic (exact) mass is 453 g/mol. The molecule has 0 saturated carbocycles. The van der Waals surface area contributed by atoms with Crippen LogP contribution in [0, 0.1) is 10.1 Å². The van der Waals surface area contributed by atoms with Gasteiger partial charge in [-0.2, -0.15) is 0 Å². The molecule has 2 heterocycles. The third-order valence-electron chi connectivity index (χ3n) is 4.85. The Hall–Kier alpha value is -4.11. The second-order valence-corrected chi connectivity index (χ2v) is 7.24. The average molecular weight is 454 g/mol. The summed E-state index contributed by atoms with van der Waals surface area (Å²) in [7, 11) is 1.46. The Bertz CT molecular complexity index is 1240. The zero-order chi connectivity index (χ0) is 22.8. The molecule has 0 radical (unpaired) electrons. The van der Waals surface area contributed by atoms with Crippen molar-refractivity contribution in [2.75, 3.05) is 12.4 Å². The number of halogens is 1. The molecule has 10 heteroatoms. The van der Waals surface area contributed by atoms with Crippen molar-refractivity contribution in [2.24, 2.45) is 0 Å². The third-order valence-corrected chi connectivity index (χ3v) is 5.09. The second kappa shape index (κ2) is 8.56. The number of benzene rings is 2.